The van der Waals surface area contributed by atoms with Crippen LogP contribution in [-0.4, -0.2) is 13.0 Å². The molecule has 0 aliphatic heterocycles. The number of quaternary nitrogens is 1. The van der Waals surface area contributed by atoms with E-state index in [9.17, 15) is 4.79 Å². The van der Waals surface area contributed by atoms with Crippen molar-refractivity contribution < 1.29 is 15.1 Å². The third-order valence-corrected chi connectivity index (χ3v) is 2.25. The number of benzene rings is 1. The van der Waals surface area contributed by atoms with Crippen LogP contribution in [0.2, 0.25) is 5.02 Å². The molecule has 1 amide bonds. The normalized spacial score (nSPS) is 11.8. The van der Waals surface area contributed by atoms with E-state index < -0.39 is 11.8 Å². The van der Waals surface area contributed by atoms with E-state index in [1.54, 1.807) is 18.2 Å². The van der Waals surface area contributed by atoms with Crippen molar-refractivity contribution in [2.45, 2.75) is 5.92 Å². The Kier molecular flexibility index (Phi) is 4.26. The summed E-state index contributed by atoms with van der Waals surface area (Å²) in [4.78, 5) is 15.9. The lowest BCUT2D eigenvalue weighted by Gasteiger charge is -2.08. The molecule has 0 radical (unpaired) electrons. The minimum atomic E-state index is -1.00. The van der Waals surface area contributed by atoms with E-state index in [0.717, 1.165) is 0 Å². The molecular weight excluding hydrogens is 230 g/mol. The van der Waals surface area contributed by atoms with Crippen LogP contribution in [0.3, 0.4) is 0 Å². The van der Waals surface area contributed by atoms with Gasteiger partial charge in [-0.25, -0.2) is 4.84 Å². The Morgan fingerprint density at radius 2 is 2.38 bits per heavy atom. The smallest absolute Gasteiger partial charge is 0.239 e. The van der Waals surface area contributed by atoms with Crippen LogP contribution in [0.25, 0.3) is 0 Å². The molecule has 1 atom stereocenters. The van der Waals surface area contributed by atoms with Gasteiger partial charge in [0, 0.05) is 16.7 Å². The first-order chi connectivity index (χ1) is 7.60. The number of hydrogen-bond donors (Lipinski definition) is 2. The van der Waals surface area contributed by atoms with Crippen LogP contribution in [-0.2, 0) is 9.63 Å². The monoisotopic (exact) mass is 240 g/mol. The molecule has 4 N–H and O–H groups in total. The lowest BCUT2D eigenvalue weighted by molar-refractivity contribution is -0.830. The second kappa shape index (κ2) is 5.47. The van der Waals surface area contributed by atoms with E-state index in [0.29, 0.717) is 16.3 Å². The lowest BCUT2D eigenvalue weighted by atomic mass is 9.98. The van der Waals surface area contributed by atoms with E-state index in [1.165, 1.54) is 12.6 Å². The molecule has 16 heavy (non-hydrogen) atoms. The lowest BCUT2D eigenvalue weighted by Crippen LogP contribution is -2.76. The van der Waals surface area contributed by atoms with E-state index in [1.807, 2.05) is 6.07 Å². The first kappa shape index (κ1) is 12.5. The molecule has 1 rings (SSSR count). The van der Waals surface area contributed by atoms with Gasteiger partial charge < -0.3 is 5.73 Å². The van der Waals surface area contributed by atoms with Crippen LogP contribution in [0.15, 0.2) is 18.2 Å². The SMILES string of the molecule is CO[NH2+]c1cc(Cl)ccc1C(C#N)C(N)=O. The fourth-order valence-electron chi connectivity index (χ4n) is 1.32. The predicted molar refractivity (Wildman–Crippen MR) is 57.6 cm³/mol. The minimum absolute atomic E-state index is 0.487. The van der Waals surface area contributed by atoms with Gasteiger partial charge >= 0.3 is 0 Å². The van der Waals surface area contributed by atoms with Crippen molar-refractivity contribution in [2.75, 3.05) is 7.11 Å². The maximum atomic E-state index is 11.1. The topological polar surface area (TPSA) is 92.7 Å². The van der Waals surface area contributed by atoms with Gasteiger partial charge in [-0.15, -0.1) is 0 Å². The van der Waals surface area contributed by atoms with E-state index in [2.05, 4.69) is 0 Å². The van der Waals surface area contributed by atoms with Gasteiger partial charge in [0.05, 0.1) is 13.2 Å². The number of primary amides is 1. The standard InChI is InChI=1S/C10H10ClN3O2/c1-16-14-9-4-6(11)2-3-7(9)8(5-12)10(13)15/h2-4,8,14H,1H3,(H2,13,15)/p+1. The summed E-state index contributed by atoms with van der Waals surface area (Å²) in [6.45, 7) is 0. The van der Waals surface area contributed by atoms with E-state index in [4.69, 9.17) is 27.4 Å². The molecule has 0 aliphatic rings. The number of halogens is 1. The van der Waals surface area contributed by atoms with Crippen LogP contribution < -0.4 is 11.2 Å². The Bertz CT molecular complexity index is 442. The average molecular weight is 241 g/mol. The molecule has 6 heteroatoms. The molecule has 5 nitrogen and oxygen atoms in total. The van der Waals surface area contributed by atoms with Crippen LogP contribution >= 0.6 is 11.6 Å². The quantitative estimate of drug-likeness (QED) is 0.581. The summed E-state index contributed by atoms with van der Waals surface area (Å²) in [7, 11) is 1.47. The maximum Gasteiger partial charge on any atom is 0.239 e. The zero-order valence-corrected chi connectivity index (χ0v) is 9.36. The summed E-state index contributed by atoms with van der Waals surface area (Å²) < 4.78 is 0. The maximum absolute atomic E-state index is 11.1. The number of nitrogens with zero attached hydrogens (tertiary/aromatic N) is 1. The highest BCUT2D eigenvalue weighted by Crippen LogP contribution is 2.24. The van der Waals surface area contributed by atoms with Crippen molar-refractivity contribution in [3.05, 3.63) is 28.8 Å². The molecular formula is C10H11ClN3O2+. The molecule has 0 saturated carbocycles. The molecule has 0 bridgehead atoms. The number of carbonyl (C=O) groups excluding carboxylic acids is 1. The highest BCUT2D eigenvalue weighted by atomic mass is 35.5. The molecule has 0 aromatic heterocycles. The van der Waals surface area contributed by atoms with Crippen molar-refractivity contribution in [3.63, 3.8) is 0 Å². The van der Waals surface area contributed by atoms with Crippen LogP contribution in [0.1, 0.15) is 11.5 Å². The van der Waals surface area contributed by atoms with Gasteiger partial charge in [0.15, 0.2) is 11.6 Å². The van der Waals surface area contributed by atoms with Crippen LogP contribution in [0.5, 0.6) is 0 Å². The molecule has 1 aromatic carbocycles. The van der Waals surface area contributed by atoms with Gasteiger partial charge in [-0.3, -0.25) is 4.79 Å². The van der Waals surface area contributed by atoms with Crippen molar-refractivity contribution >= 4 is 23.2 Å². The largest absolute Gasteiger partial charge is 0.368 e. The summed E-state index contributed by atoms with van der Waals surface area (Å²) >= 11 is 5.81. The summed E-state index contributed by atoms with van der Waals surface area (Å²) in [6.07, 6.45) is 0. The number of amides is 1. The summed E-state index contributed by atoms with van der Waals surface area (Å²) in [6, 6.07) is 6.63. The van der Waals surface area contributed by atoms with Crippen LogP contribution in [0.4, 0.5) is 5.69 Å². The fourth-order valence-corrected chi connectivity index (χ4v) is 1.50. The molecule has 0 aliphatic carbocycles. The van der Waals surface area contributed by atoms with Crippen molar-refractivity contribution in [2.24, 2.45) is 5.73 Å². The molecule has 1 aromatic rings. The summed E-state index contributed by atoms with van der Waals surface area (Å²) in [5, 5.41) is 9.37. The van der Waals surface area contributed by atoms with Gasteiger partial charge in [0.1, 0.15) is 0 Å². The molecule has 0 spiro atoms. The van der Waals surface area contributed by atoms with Crippen LogP contribution in [0, 0.1) is 11.3 Å². The molecule has 1 unspecified atom stereocenters. The Balaban J connectivity index is 3.21. The van der Waals surface area contributed by atoms with Gasteiger partial charge in [-0.2, -0.15) is 10.7 Å². The second-order valence-electron chi connectivity index (χ2n) is 3.09. The van der Waals surface area contributed by atoms with E-state index in [-0.39, 0.29) is 0 Å². The van der Waals surface area contributed by atoms with Crippen molar-refractivity contribution in [1.82, 2.24) is 0 Å². The first-order valence-corrected chi connectivity index (χ1v) is 4.82. The number of nitriles is 1. The van der Waals surface area contributed by atoms with Gasteiger partial charge in [-0.1, -0.05) is 11.6 Å². The Hall–Kier alpha value is -1.61. The number of rotatable bonds is 4. The van der Waals surface area contributed by atoms with Gasteiger partial charge in [0.2, 0.25) is 5.91 Å². The number of hydrogen-bond acceptors (Lipinski definition) is 3. The van der Waals surface area contributed by atoms with E-state index >= 15 is 0 Å². The highest BCUT2D eigenvalue weighted by Gasteiger charge is 2.23. The van der Waals surface area contributed by atoms with Gasteiger partial charge in [0.25, 0.3) is 0 Å². The van der Waals surface area contributed by atoms with Crippen molar-refractivity contribution in [3.8, 4) is 6.07 Å². The second-order valence-corrected chi connectivity index (χ2v) is 3.53. The molecule has 0 saturated heterocycles. The van der Waals surface area contributed by atoms with Crippen molar-refractivity contribution in [1.29, 1.82) is 5.26 Å². The Morgan fingerprint density at radius 1 is 1.69 bits per heavy atom. The average Bonchev–Trinajstić information content (AvgIpc) is 2.22. The Morgan fingerprint density at radius 3 is 2.88 bits per heavy atom. The van der Waals surface area contributed by atoms with Gasteiger partial charge in [-0.05, 0) is 12.1 Å². The number of nitrogens with two attached hydrogens (primary N) is 2. The third kappa shape index (κ3) is 2.70. The minimum Gasteiger partial charge on any atom is -0.368 e. The molecule has 0 fully saturated rings. The highest BCUT2D eigenvalue weighted by molar-refractivity contribution is 6.30. The Labute approximate surface area is 97.7 Å². The molecule has 84 valence electrons. The summed E-state index contributed by atoms with van der Waals surface area (Å²) in [5.74, 6) is -1.70. The predicted octanol–water partition coefficient (Wildman–Crippen LogP) is 0.189. The summed E-state index contributed by atoms with van der Waals surface area (Å²) in [5.41, 5.74) is 7.60. The zero-order valence-electron chi connectivity index (χ0n) is 8.61. The fraction of sp³-hybridized carbons (Fsp3) is 0.200. The first-order valence-electron chi connectivity index (χ1n) is 4.44. The third-order valence-electron chi connectivity index (χ3n) is 2.02. The molecule has 0 heterocycles. The zero-order chi connectivity index (χ0) is 12.1. The number of carbonyl (C=O) groups is 1.